The van der Waals surface area contributed by atoms with Gasteiger partial charge >= 0.3 is 0 Å². The van der Waals surface area contributed by atoms with Crippen LogP contribution in [-0.4, -0.2) is 45.2 Å². The summed E-state index contributed by atoms with van der Waals surface area (Å²) in [4.78, 5) is 14.4. The number of rotatable bonds is 8. The second-order valence-electron chi connectivity index (χ2n) is 9.43. The highest BCUT2D eigenvalue weighted by Crippen LogP contribution is 2.27. The van der Waals surface area contributed by atoms with E-state index < -0.39 is 0 Å². The van der Waals surface area contributed by atoms with Gasteiger partial charge in [0.1, 0.15) is 5.82 Å². The molecule has 4 rings (SSSR count). The Bertz CT molecular complexity index is 992. The number of amides is 1. The van der Waals surface area contributed by atoms with E-state index in [0.717, 1.165) is 50.7 Å². The minimum absolute atomic E-state index is 0.0261. The summed E-state index contributed by atoms with van der Waals surface area (Å²) in [7, 11) is 0. The highest BCUT2D eigenvalue weighted by Gasteiger charge is 2.26. The lowest BCUT2D eigenvalue weighted by atomic mass is 9.90. The quantitative estimate of drug-likeness (QED) is 0.565. The molecule has 6 nitrogen and oxygen atoms in total. The molecule has 1 aliphatic heterocycles. The normalized spacial score (nSPS) is 15.3. The van der Waals surface area contributed by atoms with Crippen LogP contribution < -0.4 is 5.32 Å². The number of carbonyl (C=O) groups excluding carboxylic acids is 1. The maximum atomic E-state index is 11.8. The van der Waals surface area contributed by atoms with Crippen molar-refractivity contribution in [3.05, 3.63) is 83.4 Å². The van der Waals surface area contributed by atoms with E-state index in [1.54, 1.807) is 6.92 Å². The van der Waals surface area contributed by atoms with Gasteiger partial charge in [-0.3, -0.25) is 4.79 Å². The molecule has 0 saturated carbocycles. The minimum atomic E-state index is -0.100. The molecule has 1 unspecified atom stereocenters. The van der Waals surface area contributed by atoms with Crippen molar-refractivity contribution in [2.45, 2.75) is 52.1 Å². The Morgan fingerprint density at radius 1 is 0.939 bits per heavy atom. The lowest BCUT2D eigenvalue weighted by Gasteiger charge is -2.27. The molecular formula is C27H35N5O. The molecule has 0 bridgehead atoms. The summed E-state index contributed by atoms with van der Waals surface area (Å²) in [5.74, 6) is 2.65. The number of hydrogen-bond donors (Lipinski definition) is 1. The lowest BCUT2D eigenvalue weighted by molar-refractivity contribution is -0.119. The van der Waals surface area contributed by atoms with E-state index >= 15 is 0 Å². The first-order valence-electron chi connectivity index (χ1n) is 12.0. The van der Waals surface area contributed by atoms with Gasteiger partial charge in [-0.2, -0.15) is 0 Å². The second-order valence-corrected chi connectivity index (χ2v) is 9.43. The van der Waals surface area contributed by atoms with E-state index in [-0.39, 0.29) is 11.9 Å². The summed E-state index contributed by atoms with van der Waals surface area (Å²) < 4.78 is 2.24. The van der Waals surface area contributed by atoms with Gasteiger partial charge in [-0.25, -0.2) is 0 Å². The predicted molar refractivity (Wildman–Crippen MR) is 131 cm³/mol. The summed E-state index contributed by atoms with van der Waals surface area (Å²) in [5, 5.41) is 12.1. The Labute approximate surface area is 197 Å². The minimum Gasteiger partial charge on any atom is -0.346 e. The monoisotopic (exact) mass is 445 g/mol. The molecular weight excluding hydrogens is 410 g/mol. The fourth-order valence-corrected chi connectivity index (χ4v) is 4.81. The van der Waals surface area contributed by atoms with E-state index in [0.29, 0.717) is 11.8 Å². The Kier molecular flexibility index (Phi) is 7.55. The summed E-state index contributed by atoms with van der Waals surface area (Å²) >= 11 is 0. The largest absolute Gasteiger partial charge is 0.346 e. The fraction of sp³-hybridized carbons (Fsp3) is 0.444. The van der Waals surface area contributed by atoms with Crippen LogP contribution in [0.3, 0.4) is 0 Å². The molecule has 1 atom stereocenters. The third-order valence-electron chi connectivity index (χ3n) is 6.39. The number of hydrogen-bond acceptors (Lipinski definition) is 4. The first-order chi connectivity index (χ1) is 16.0. The zero-order valence-corrected chi connectivity index (χ0v) is 19.9. The Balaban J connectivity index is 1.52. The summed E-state index contributed by atoms with van der Waals surface area (Å²) in [6, 6.07) is 21.5. The molecule has 174 valence electrons. The molecule has 2 heterocycles. The molecule has 0 saturated heterocycles. The van der Waals surface area contributed by atoms with Crippen molar-refractivity contribution in [3.8, 4) is 0 Å². The average Bonchev–Trinajstić information content (AvgIpc) is 3.11. The molecule has 1 aromatic heterocycles. The van der Waals surface area contributed by atoms with Crippen LogP contribution in [0.1, 0.15) is 61.9 Å². The second kappa shape index (κ2) is 10.8. The van der Waals surface area contributed by atoms with Gasteiger partial charge in [0.2, 0.25) is 5.91 Å². The van der Waals surface area contributed by atoms with Gasteiger partial charge < -0.3 is 14.8 Å². The molecule has 33 heavy (non-hydrogen) atoms. The molecule has 1 amide bonds. The Morgan fingerprint density at radius 2 is 1.58 bits per heavy atom. The van der Waals surface area contributed by atoms with E-state index in [1.807, 2.05) is 0 Å². The molecule has 1 N–H and O–H groups in total. The van der Waals surface area contributed by atoms with Crippen LogP contribution in [0.5, 0.6) is 0 Å². The number of carbonyl (C=O) groups is 1. The van der Waals surface area contributed by atoms with Crippen molar-refractivity contribution in [2.75, 3.05) is 19.6 Å². The fourth-order valence-electron chi connectivity index (χ4n) is 4.81. The van der Waals surface area contributed by atoms with Gasteiger partial charge in [0.05, 0.1) is 6.04 Å². The van der Waals surface area contributed by atoms with E-state index in [2.05, 4.69) is 99.5 Å². The van der Waals surface area contributed by atoms with Crippen molar-refractivity contribution in [3.63, 3.8) is 0 Å². The molecule has 0 radical (unpaired) electrons. The number of aromatic nitrogens is 3. The van der Waals surface area contributed by atoms with Gasteiger partial charge in [-0.15, -0.1) is 10.2 Å². The Morgan fingerprint density at radius 3 is 2.15 bits per heavy atom. The zero-order valence-electron chi connectivity index (χ0n) is 19.9. The first kappa shape index (κ1) is 23.2. The van der Waals surface area contributed by atoms with Gasteiger partial charge in [0, 0.05) is 45.4 Å². The van der Waals surface area contributed by atoms with Crippen molar-refractivity contribution in [2.24, 2.45) is 5.92 Å². The molecule has 0 spiro atoms. The Hall–Kier alpha value is -2.99. The van der Waals surface area contributed by atoms with Gasteiger partial charge in [-0.05, 0) is 23.5 Å². The molecule has 0 fully saturated rings. The molecule has 6 heteroatoms. The predicted octanol–water partition coefficient (Wildman–Crippen LogP) is 4.19. The maximum Gasteiger partial charge on any atom is 0.217 e. The molecule has 0 aliphatic carbocycles. The first-order valence-corrected chi connectivity index (χ1v) is 12.0. The van der Waals surface area contributed by atoms with E-state index in [1.165, 1.54) is 11.1 Å². The highest BCUT2D eigenvalue weighted by atomic mass is 16.1. The maximum absolute atomic E-state index is 11.8. The standard InChI is InChI=1S/C27H35N5O/c1-20(2)18-25(28-21(3)33)27-30-29-26-14-15-31(16-17-32(26)27)19-24(22-10-6-4-7-11-22)23-12-8-5-9-13-23/h4-13,20,24-25H,14-19H2,1-3H3,(H,28,33). The molecule has 3 aromatic rings. The van der Waals surface area contributed by atoms with Crippen molar-refractivity contribution >= 4 is 5.91 Å². The van der Waals surface area contributed by atoms with Crippen LogP contribution >= 0.6 is 0 Å². The van der Waals surface area contributed by atoms with Crippen LogP contribution in [0.25, 0.3) is 0 Å². The van der Waals surface area contributed by atoms with E-state index in [4.69, 9.17) is 0 Å². The smallest absolute Gasteiger partial charge is 0.217 e. The molecule has 1 aliphatic rings. The van der Waals surface area contributed by atoms with Gasteiger partial charge in [0.15, 0.2) is 5.82 Å². The summed E-state index contributed by atoms with van der Waals surface area (Å²) in [5.41, 5.74) is 2.69. The number of nitrogens with one attached hydrogen (secondary N) is 1. The van der Waals surface area contributed by atoms with Gasteiger partial charge in [0.25, 0.3) is 0 Å². The van der Waals surface area contributed by atoms with Crippen molar-refractivity contribution in [1.82, 2.24) is 25.0 Å². The zero-order chi connectivity index (χ0) is 23.2. The number of nitrogens with zero attached hydrogens (tertiary/aromatic N) is 4. The van der Waals surface area contributed by atoms with Crippen LogP contribution in [0.15, 0.2) is 60.7 Å². The van der Waals surface area contributed by atoms with Crippen LogP contribution in [0.2, 0.25) is 0 Å². The van der Waals surface area contributed by atoms with Crippen molar-refractivity contribution < 1.29 is 4.79 Å². The average molecular weight is 446 g/mol. The third kappa shape index (κ3) is 5.88. The van der Waals surface area contributed by atoms with Crippen LogP contribution in [0.4, 0.5) is 0 Å². The number of benzene rings is 2. The molecule has 2 aromatic carbocycles. The van der Waals surface area contributed by atoms with E-state index in [9.17, 15) is 4.79 Å². The van der Waals surface area contributed by atoms with Crippen LogP contribution in [-0.2, 0) is 17.8 Å². The van der Waals surface area contributed by atoms with Crippen LogP contribution in [0, 0.1) is 5.92 Å². The lowest BCUT2D eigenvalue weighted by Crippen LogP contribution is -2.33. The van der Waals surface area contributed by atoms with Gasteiger partial charge in [-0.1, -0.05) is 74.5 Å². The topological polar surface area (TPSA) is 63.1 Å². The SMILES string of the molecule is CC(=O)NC(CC(C)C)c1nnc2n1CCN(CC(c1ccccc1)c1ccccc1)CC2. The summed E-state index contributed by atoms with van der Waals surface area (Å²) in [6.07, 6.45) is 1.71. The third-order valence-corrected chi connectivity index (χ3v) is 6.39. The summed E-state index contributed by atoms with van der Waals surface area (Å²) in [6.45, 7) is 9.59. The highest BCUT2D eigenvalue weighted by molar-refractivity contribution is 5.73. The number of fused-ring (bicyclic) bond motifs is 1. The van der Waals surface area contributed by atoms with Crippen molar-refractivity contribution in [1.29, 1.82) is 0 Å².